The Bertz CT molecular complexity index is 4050. The molecule has 0 spiro atoms. The third-order valence-electron chi connectivity index (χ3n) is 14.2. The number of rotatable bonds is 7. The summed E-state index contributed by atoms with van der Waals surface area (Å²) in [6.45, 7) is 10.6. The Morgan fingerprint density at radius 2 is 0.648 bits per heavy atom. The van der Waals surface area contributed by atoms with Crippen molar-refractivity contribution in [1.82, 2.24) is 9.13 Å². The minimum absolute atomic E-state index is 0.531. The molecule has 71 heavy (non-hydrogen) atoms. The molecule has 2 heterocycles. The zero-order chi connectivity index (χ0) is 48.5. The van der Waals surface area contributed by atoms with Crippen LogP contribution in [0.1, 0.15) is 38.9 Å². The van der Waals surface area contributed by atoms with Crippen LogP contribution in [0.3, 0.4) is 0 Å². The fourth-order valence-electron chi connectivity index (χ4n) is 10.9. The highest BCUT2D eigenvalue weighted by molar-refractivity contribution is 6.14. The van der Waals surface area contributed by atoms with Gasteiger partial charge in [0.1, 0.15) is 6.07 Å². The predicted octanol–water partition coefficient (Wildman–Crippen LogP) is 17.5. The molecule has 0 aliphatic heterocycles. The van der Waals surface area contributed by atoms with Crippen LogP contribution in [0.2, 0.25) is 0 Å². The molecule has 0 fully saturated rings. The lowest BCUT2D eigenvalue weighted by atomic mass is 9.96. The monoisotopic (exact) mass is 908 g/mol. The van der Waals surface area contributed by atoms with Gasteiger partial charge >= 0.3 is 0 Å². The maximum Gasteiger partial charge on any atom is 0.101 e. The van der Waals surface area contributed by atoms with Crippen molar-refractivity contribution in [3.05, 3.63) is 239 Å². The van der Waals surface area contributed by atoms with Gasteiger partial charge in [0, 0.05) is 27.1 Å². The van der Waals surface area contributed by atoms with E-state index < -0.39 is 0 Å². The highest BCUT2D eigenvalue weighted by atomic mass is 15.0. The van der Waals surface area contributed by atoms with Crippen molar-refractivity contribution in [1.29, 1.82) is 10.5 Å². The van der Waals surface area contributed by atoms with Crippen LogP contribution in [0.15, 0.2) is 200 Å². The maximum absolute atomic E-state index is 11.5. The predicted molar refractivity (Wildman–Crippen MR) is 295 cm³/mol. The summed E-state index contributed by atoms with van der Waals surface area (Å²) < 4.78 is 4.60. The smallest absolute Gasteiger partial charge is 0.101 e. The zero-order valence-electron chi connectivity index (χ0n) is 40.3. The molecule has 0 aliphatic carbocycles. The van der Waals surface area contributed by atoms with Crippen LogP contribution in [0.4, 0.5) is 0 Å². The molecule has 12 aromatic rings. The number of nitriles is 2. The SMILES string of the molecule is Cc1cccc(-c2ccc3c(c2)c2cc(-c4cccc(C)c4)ccc2n3-c2cc(-c3cc(C)cc(C#N)c3)c(-n3c4ccc(-c5cccc(C)c5)cc4c4cc(-c5cccc(C)c5)ccc43)cc2C#N)c1. The summed E-state index contributed by atoms with van der Waals surface area (Å²) in [6.07, 6.45) is 0. The fraction of sp³-hybridized carbons (Fsp3) is 0.0746. The molecule has 2 aromatic heterocycles. The van der Waals surface area contributed by atoms with Crippen LogP contribution in [0.25, 0.3) is 111 Å². The van der Waals surface area contributed by atoms with E-state index in [1.54, 1.807) is 0 Å². The van der Waals surface area contributed by atoms with Crippen molar-refractivity contribution >= 4 is 43.6 Å². The van der Waals surface area contributed by atoms with E-state index in [1.165, 1.54) is 22.3 Å². The summed E-state index contributed by atoms with van der Waals surface area (Å²) in [6, 6.07) is 77.0. The van der Waals surface area contributed by atoms with Gasteiger partial charge in [0.05, 0.1) is 50.6 Å². The maximum atomic E-state index is 11.5. The van der Waals surface area contributed by atoms with Gasteiger partial charge in [-0.15, -0.1) is 0 Å². The molecule has 0 bridgehead atoms. The molecule has 336 valence electrons. The first-order chi connectivity index (χ1) is 34.6. The van der Waals surface area contributed by atoms with Crippen molar-refractivity contribution in [3.8, 4) is 79.1 Å². The Morgan fingerprint density at radius 1 is 0.296 bits per heavy atom. The second-order valence-corrected chi connectivity index (χ2v) is 19.3. The van der Waals surface area contributed by atoms with Gasteiger partial charge in [0.2, 0.25) is 0 Å². The van der Waals surface area contributed by atoms with E-state index in [0.717, 1.165) is 116 Å². The number of benzene rings is 10. The van der Waals surface area contributed by atoms with Gasteiger partial charge in [-0.05, 0) is 163 Å². The Morgan fingerprint density at radius 3 is 1.00 bits per heavy atom. The van der Waals surface area contributed by atoms with E-state index in [1.807, 2.05) is 19.1 Å². The number of aromatic nitrogens is 2. The lowest BCUT2D eigenvalue weighted by Crippen LogP contribution is -2.04. The summed E-state index contributed by atoms with van der Waals surface area (Å²) in [7, 11) is 0. The molecular weight excluding hydrogens is 861 g/mol. The molecule has 0 saturated heterocycles. The summed E-state index contributed by atoms with van der Waals surface area (Å²) in [5.41, 5.74) is 23.5. The normalized spacial score (nSPS) is 11.4. The van der Waals surface area contributed by atoms with Crippen molar-refractivity contribution < 1.29 is 0 Å². The topological polar surface area (TPSA) is 57.4 Å². The van der Waals surface area contributed by atoms with E-state index >= 15 is 0 Å². The lowest BCUT2D eigenvalue weighted by Gasteiger charge is -2.19. The Hall–Kier alpha value is -9.22. The van der Waals surface area contributed by atoms with Crippen LogP contribution < -0.4 is 0 Å². The van der Waals surface area contributed by atoms with Gasteiger partial charge in [-0.1, -0.05) is 150 Å². The first kappa shape index (κ1) is 43.1. The van der Waals surface area contributed by atoms with Crippen LogP contribution in [0.5, 0.6) is 0 Å². The van der Waals surface area contributed by atoms with Crippen LogP contribution in [0, 0.1) is 57.3 Å². The fourth-order valence-corrected chi connectivity index (χ4v) is 10.9. The van der Waals surface area contributed by atoms with E-state index in [9.17, 15) is 10.5 Å². The molecule has 0 atom stereocenters. The highest BCUT2D eigenvalue weighted by Crippen LogP contribution is 2.44. The van der Waals surface area contributed by atoms with Gasteiger partial charge in [-0.2, -0.15) is 10.5 Å². The van der Waals surface area contributed by atoms with Crippen LogP contribution in [-0.4, -0.2) is 9.13 Å². The number of hydrogen-bond donors (Lipinski definition) is 0. The number of aryl methyl sites for hydroxylation is 5. The molecule has 10 aromatic carbocycles. The van der Waals surface area contributed by atoms with Gasteiger partial charge in [-0.3, -0.25) is 0 Å². The van der Waals surface area contributed by atoms with Crippen LogP contribution in [-0.2, 0) is 0 Å². The average molecular weight is 909 g/mol. The van der Waals surface area contributed by atoms with E-state index in [2.05, 4.69) is 237 Å². The van der Waals surface area contributed by atoms with E-state index in [4.69, 9.17) is 0 Å². The minimum Gasteiger partial charge on any atom is -0.309 e. The largest absolute Gasteiger partial charge is 0.309 e. The molecule has 0 unspecified atom stereocenters. The highest BCUT2D eigenvalue weighted by Gasteiger charge is 2.24. The molecule has 4 heteroatoms. The lowest BCUT2D eigenvalue weighted by molar-refractivity contribution is 1.13. The summed E-state index contributed by atoms with van der Waals surface area (Å²) in [5, 5.41) is 26.3. The molecule has 0 aliphatic rings. The zero-order valence-corrected chi connectivity index (χ0v) is 40.3. The molecule has 0 amide bonds. The quantitative estimate of drug-likeness (QED) is 0.160. The number of fused-ring (bicyclic) bond motifs is 6. The minimum atomic E-state index is 0.531. The van der Waals surface area contributed by atoms with E-state index in [-0.39, 0.29) is 0 Å². The third kappa shape index (κ3) is 7.55. The van der Waals surface area contributed by atoms with E-state index in [0.29, 0.717) is 11.1 Å². The second-order valence-electron chi connectivity index (χ2n) is 19.3. The van der Waals surface area contributed by atoms with Gasteiger partial charge < -0.3 is 9.13 Å². The van der Waals surface area contributed by atoms with Crippen molar-refractivity contribution in [2.24, 2.45) is 0 Å². The summed E-state index contributed by atoms with van der Waals surface area (Å²) in [4.78, 5) is 0. The number of hydrogen-bond acceptors (Lipinski definition) is 2. The molecule has 0 radical (unpaired) electrons. The van der Waals surface area contributed by atoms with Crippen molar-refractivity contribution in [3.63, 3.8) is 0 Å². The molecule has 0 saturated carbocycles. The van der Waals surface area contributed by atoms with Gasteiger partial charge in [0.15, 0.2) is 0 Å². The second kappa shape index (κ2) is 17.1. The van der Waals surface area contributed by atoms with Crippen molar-refractivity contribution in [2.75, 3.05) is 0 Å². The first-order valence-electron chi connectivity index (χ1n) is 24.2. The molecule has 0 N–H and O–H groups in total. The third-order valence-corrected chi connectivity index (χ3v) is 14.2. The average Bonchev–Trinajstić information content (AvgIpc) is 3.89. The Balaban J connectivity index is 1.16. The first-order valence-corrected chi connectivity index (χ1v) is 24.2. The van der Waals surface area contributed by atoms with Crippen LogP contribution >= 0.6 is 0 Å². The molecular formula is C67H48N4. The van der Waals surface area contributed by atoms with Crippen molar-refractivity contribution in [2.45, 2.75) is 34.6 Å². The standard InChI is InChI=1S/C67H48N4/c1-41-10-6-14-47(27-41)51-18-22-62-58(33-51)59-34-52(48-15-7-11-42(2)28-48)19-23-63(59)70(62)66-38-57(55-31-45(5)26-46(32-55)39-68)67(37-56(66)40-69)71-64-24-20-53(49-16-8-12-43(3)29-49)35-60(64)61-36-54(21-25-65(61)71)50-17-9-13-44(4)30-50/h6-38H,1-5H3. The summed E-state index contributed by atoms with van der Waals surface area (Å²) in [5.74, 6) is 0. The molecule has 12 rings (SSSR count). The number of nitrogens with zero attached hydrogens (tertiary/aromatic N) is 4. The van der Waals surface area contributed by atoms with Gasteiger partial charge in [0.25, 0.3) is 0 Å². The summed E-state index contributed by atoms with van der Waals surface area (Å²) >= 11 is 0. The Kier molecular flexibility index (Phi) is 10.4. The van der Waals surface area contributed by atoms with Gasteiger partial charge in [-0.25, -0.2) is 0 Å². The molecule has 4 nitrogen and oxygen atoms in total. The Labute approximate surface area is 414 Å².